The minimum absolute atomic E-state index is 0.190. The normalized spacial score (nSPS) is 26.8. The SMILES string of the molecule is BrCC1(OCC2CCCCC2)CCCCC1. The maximum Gasteiger partial charge on any atom is 0.0779 e. The van der Waals surface area contributed by atoms with Crippen LogP contribution in [0.5, 0.6) is 0 Å². The average molecular weight is 289 g/mol. The van der Waals surface area contributed by atoms with Crippen molar-refractivity contribution >= 4 is 15.9 Å². The highest BCUT2D eigenvalue weighted by Gasteiger charge is 2.32. The van der Waals surface area contributed by atoms with Crippen LogP contribution >= 0.6 is 15.9 Å². The summed E-state index contributed by atoms with van der Waals surface area (Å²) < 4.78 is 6.31. The van der Waals surface area contributed by atoms with E-state index in [1.807, 2.05) is 0 Å². The summed E-state index contributed by atoms with van der Waals surface area (Å²) in [6, 6.07) is 0. The van der Waals surface area contributed by atoms with Crippen LogP contribution < -0.4 is 0 Å². The summed E-state index contributed by atoms with van der Waals surface area (Å²) in [5.74, 6) is 0.853. The minimum Gasteiger partial charge on any atom is -0.374 e. The van der Waals surface area contributed by atoms with Gasteiger partial charge in [0.25, 0.3) is 0 Å². The molecule has 2 aliphatic carbocycles. The Balaban J connectivity index is 1.77. The molecule has 2 aliphatic rings. The van der Waals surface area contributed by atoms with Gasteiger partial charge < -0.3 is 4.74 Å². The first kappa shape index (κ1) is 12.9. The van der Waals surface area contributed by atoms with Gasteiger partial charge >= 0.3 is 0 Å². The molecular weight excluding hydrogens is 264 g/mol. The van der Waals surface area contributed by atoms with Crippen LogP contribution in [0.4, 0.5) is 0 Å². The van der Waals surface area contributed by atoms with E-state index in [0.29, 0.717) is 0 Å². The third-order valence-electron chi connectivity index (χ3n) is 4.36. The van der Waals surface area contributed by atoms with E-state index in [4.69, 9.17) is 4.74 Å². The summed E-state index contributed by atoms with van der Waals surface area (Å²) in [7, 11) is 0. The second-order valence-electron chi connectivity index (χ2n) is 5.69. The van der Waals surface area contributed by atoms with Gasteiger partial charge in [-0.15, -0.1) is 0 Å². The van der Waals surface area contributed by atoms with Gasteiger partial charge in [0.05, 0.1) is 12.2 Å². The standard InChI is InChI=1S/C14H25BrO/c15-12-14(9-5-2-6-10-14)16-11-13-7-3-1-4-8-13/h13H,1-12H2. The van der Waals surface area contributed by atoms with E-state index in [1.165, 1.54) is 64.2 Å². The predicted octanol–water partition coefficient (Wildman–Crippen LogP) is 4.68. The third-order valence-corrected chi connectivity index (χ3v) is 5.38. The molecule has 2 saturated carbocycles. The summed E-state index contributed by atoms with van der Waals surface area (Å²) >= 11 is 3.67. The minimum atomic E-state index is 0.190. The van der Waals surface area contributed by atoms with Crippen molar-refractivity contribution in [3.8, 4) is 0 Å². The van der Waals surface area contributed by atoms with Gasteiger partial charge in [-0.3, -0.25) is 0 Å². The lowest BCUT2D eigenvalue weighted by atomic mass is 9.85. The lowest BCUT2D eigenvalue weighted by Gasteiger charge is -2.37. The molecule has 0 amide bonds. The number of ether oxygens (including phenoxy) is 1. The molecule has 2 rings (SSSR count). The van der Waals surface area contributed by atoms with E-state index < -0.39 is 0 Å². The summed E-state index contributed by atoms with van der Waals surface area (Å²) in [5, 5.41) is 1.03. The molecule has 0 unspecified atom stereocenters. The Kier molecular flexibility index (Phi) is 5.15. The van der Waals surface area contributed by atoms with Gasteiger partial charge in [-0.1, -0.05) is 54.5 Å². The molecule has 0 saturated heterocycles. The van der Waals surface area contributed by atoms with E-state index in [9.17, 15) is 0 Å². The number of hydrogen-bond donors (Lipinski definition) is 0. The number of halogens is 1. The molecule has 2 heteroatoms. The highest BCUT2D eigenvalue weighted by Crippen LogP contribution is 2.35. The van der Waals surface area contributed by atoms with Crippen LogP contribution in [-0.4, -0.2) is 17.5 Å². The zero-order chi connectivity index (χ0) is 11.3. The molecule has 0 atom stereocenters. The quantitative estimate of drug-likeness (QED) is 0.683. The Hall–Kier alpha value is 0.440. The smallest absolute Gasteiger partial charge is 0.0779 e. The molecule has 2 fully saturated rings. The molecule has 1 nitrogen and oxygen atoms in total. The van der Waals surface area contributed by atoms with Crippen LogP contribution in [0.25, 0.3) is 0 Å². The largest absolute Gasteiger partial charge is 0.374 e. The van der Waals surface area contributed by atoms with Crippen molar-refractivity contribution < 1.29 is 4.74 Å². The Morgan fingerprint density at radius 1 is 0.938 bits per heavy atom. The Morgan fingerprint density at radius 2 is 1.56 bits per heavy atom. The maximum absolute atomic E-state index is 6.31. The molecule has 0 spiro atoms. The Bertz CT molecular complexity index is 193. The van der Waals surface area contributed by atoms with Crippen molar-refractivity contribution in [1.29, 1.82) is 0 Å². The number of alkyl halides is 1. The van der Waals surface area contributed by atoms with Crippen molar-refractivity contribution in [2.45, 2.75) is 69.8 Å². The fourth-order valence-corrected chi connectivity index (χ4v) is 3.88. The van der Waals surface area contributed by atoms with Gasteiger partial charge in [0.1, 0.15) is 0 Å². The van der Waals surface area contributed by atoms with Crippen molar-refractivity contribution in [2.75, 3.05) is 11.9 Å². The van der Waals surface area contributed by atoms with Gasteiger partial charge in [-0.2, -0.15) is 0 Å². The molecule has 0 radical (unpaired) electrons. The third kappa shape index (κ3) is 3.46. The van der Waals surface area contributed by atoms with Gasteiger partial charge in [0.15, 0.2) is 0 Å². The van der Waals surface area contributed by atoms with Crippen LogP contribution in [-0.2, 0) is 4.74 Å². The highest BCUT2D eigenvalue weighted by atomic mass is 79.9. The average Bonchev–Trinajstić information content (AvgIpc) is 2.39. The lowest BCUT2D eigenvalue weighted by Crippen LogP contribution is -2.38. The molecule has 0 aromatic rings. The summed E-state index contributed by atoms with van der Waals surface area (Å²) in [6.07, 6.45) is 13.8. The molecule has 16 heavy (non-hydrogen) atoms. The maximum atomic E-state index is 6.31. The topological polar surface area (TPSA) is 9.23 Å². The van der Waals surface area contributed by atoms with E-state index in [-0.39, 0.29) is 5.60 Å². The molecule has 0 aromatic heterocycles. The monoisotopic (exact) mass is 288 g/mol. The number of rotatable bonds is 4. The van der Waals surface area contributed by atoms with Gasteiger partial charge in [0.2, 0.25) is 0 Å². The second kappa shape index (κ2) is 6.39. The van der Waals surface area contributed by atoms with Crippen molar-refractivity contribution in [3.63, 3.8) is 0 Å². The zero-order valence-corrected chi connectivity index (χ0v) is 11.9. The fraction of sp³-hybridized carbons (Fsp3) is 1.00. The van der Waals surface area contributed by atoms with E-state index in [0.717, 1.165) is 17.9 Å². The molecule has 0 heterocycles. The summed E-state index contributed by atoms with van der Waals surface area (Å²) in [4.78, 5) is 0. The van der Waals surface area contributed by atoms with Crippen LogP contribution in [0.15, 0.2) is 0 Å². The molecule has 0 bridgehead atoms. The molecule has 94 valence electrons. The van der Waals surface area contributed by atoms with Gasteiger partial charge in [0, 0.05) is 5.33 Å². The van der Waals surface area contributed by atoms with E-state index in [2.05, 4.69) is 15.9 Å². The first-order valence-corrected chi connectivity index (χ1v) is 8.17. The summed E-state index contributed by atoms with van der Waals surface area (Å²) in [5.41, 5.74) is 0.190. The number of hydrogen-bond acceptors (Lipinski definition) is 1. The van der Waals surface area contributed by atoms with E-state index in [1.54, 1.807) is 0 Å². The van der Waals surface area contributed by atoms with Crippen LogP contribution in [0, 0.1) is 5.92 Å². The van der Waals surface area contributed by atoms with Crippen LogP contribution in [0.1, 0.15) is 64.2 Å². The second-order valence-corrected chi connectivity index (χ2v) is 6.25. The highest BCUT2D eigenvalue weighted by molar-refractivity contribution is 9.09. The van der Waals surface area contributed by atoms with Crippen molar-refractivity contribution in [2.24, 2.45) is 5.92 Å². The predicted molar refractivity (Wildman–Crippen MR) is 72.1 cm³/mol. The summed E-state index contributed by atoms with van der Waals surface area (Å²) in [6.45, 7) is 1.02. The van der Waals surface area contributed by atoms with E-state index >= 15 is 0 Å². The van der Waals surface area contributed by atoms with Crippen molar-refractivity contribution in [1.82, 2.24) is 0 Å². The lowest BCUT2D eigenvalue weighted by molar-refractivity contribution is -0.0697. The van der Waals surface area contributed by atoms with Gasteiger partial charge in [-0.25, -0.2) is 0 Å². The molecular formula is C14H25BrO. The fourth-order valence-electron chi connectivity index (χ4n) is 3.16. The molecule has 0 N–H and O–H groups in total. The molecule has 0 aromatic carbocycles. The Morgan fingerprint density at radius 3 is 2.19 bits per heavy atom. The van der Waals surface area contributed by atoms with Crippen LogP contribution in [0.3, 0.4) is 0 Å². The van der Waals surface area contributed by atoms with Crippen LogP contribution in [0.2, 0.25) is 0 Å². The molecule has 0 aliphatic heterocycles. The van der Waals surface area contributed by atoms with Gasteiger partial charge in [-0.05, 0) is 31.6 Å². The van der Waals surface area contributed by atoms with Crippen molar-refractivity contribution in [3.05, 3.63) is 0 Å². The Labute approximate surface area is 108 Å². The first-order valence-electron chi connectivity index (χ1n) is 7.05. The zero-order valence-electron chi connectivity index (χ0n) is 10.3. The first-order chi connectivity index (χ1) is 7.85.